The van der Waals surface area contributed by atoms with Gasteiger partial charge in [-0.25, -0.2) is 0 Å². The summed E-state index contributed by atoms with van der Waals surface area (Å²) < 4.78 is 5.69. The average Bonchev–Trinajstić information content (AvgIpc) is 2.32. The first-order chi connectivity index (χ1) is 8.19. The zero-order chi connectivity index (χ0) is 12.3. The molecule has 3 heteroatoms. The number of aliphatic hydroxyl groups is 1. The molecule has 0 fully saturated rings. The fourth-order valence-electron chi connectivity index (χ4n) is 1.49. The molecule has 2 nitrogen and oxygen atoms in total. The van der Waals surface area contributed by atoms with Gasteiger partial charge in [-0.3, -0.25) is 0 Å². The van der Waals surface area contributed by atoms with Crippen molar-refractivity contribution in [2.24, 2.45) is 0 Å². The lowest BCUT2D eigenvalue weighted by Crippen LogP contribution is -1.91. The van der Waals surface area contributed by atoms with Crippen LogP contribution in [0.15, 0.2) is 42.5 Å². The van der Waals surface area contributed by atoms with Crippen molar-refractivity contribution in [3.63, 3.8) is 0 Å². The van der Waals surface area contributed by atoms with Crippen LogP contribution in [0, 0.1) is 6.92 Å². The van der Waals surface area contributed by atoms with Crippen molar-refractivity contribution in [1.82, 2.24) is 0 Å². The quantitative estimate of drug-likeness (QED) is 0.892. The molecule has 0 spiro atoms. The lowest BCUT2D eigenvalue weighted by molar-refractivity contribution is 0.276. The number of rotatable bonds is 3. The van der Waals surface area contributed by atoms with Crippen LogP contribution in [0.3, 0.4) is 0 Å². The lowest BCUT2D eigenvalue weighted by atomic mass is 10.2. The van der Waals surface area contributed by atoms with Crippen LogP contribution in [0.1, 0.15) is 11.1 Å². The van der Waals surface area contributed by atoms with Gasteiger partial charge in [0.15, 0.2) is 0 Å². The van der Waals surface area contributed by atoms with E-state index in [9.17, 15) is 5.11 Å². The van der Waals surface area contributed by atoms with Gasteiger partial charge in [-0.05, 0) is 31.2 Å². The molecule has 0 saturated carbocycles. The minimum absolute atomic E-state index is 0.0711. The molecule has 0 aliphatic rings. The number of hydrogen-bond donors (Lipinski definition) is 1. The van der Waals surface area contributed by atoms with Crippen LogP contribution in [0.25, 0.3) is 0 Å². The van der Waals surface area contributed by atoms with E-state index in [0.29, 0.717) is 10.8 Å². The first-order valence-electron chi connectivity index (χ1n) is 5.33. The van der Waals surface area contributed by atoms with Crippen LogP contribution in [-0.4, -0.2) is 5.11 Å². The highest BCUT2D eigenvalue weighted by Crippen LogP contribution is 2.28. The van der Waals surface area contributed by atoms with E-state index in [4.69, 9.17) is 16.3 Å². The molecule has 0 aromatic heterocycles. The molecule has 0 amide bonds. The van der Waals surface area contributed by atoms with Crippen LogP contribution in [0.2, 0.25) is 5.02 Å². The van der Waals surface area contributed by atoms with Crippen LogP contribution in [0.4, 0.5) is 0 Å². The van der Waals surface area contributed by atoms with Gasteiger partial charge in [0.05, 0.1) is 6.61 Å². The molecule has 0 heterocycles. The van der Waals surface area contributed by atoms with Crippen molar-refractivity contribution in [3.8, 4) is 11.5 Å². The third kappa shape index (κ3) is 2.99. The molecule has 88 valence electrons. The van der Waals surface area contributed by atoms with Crippen molar-refractivity contribution < 1.29 is 9.84 Å². The van der Waals surface area contributed by atoms with E-state index < -0.39 is 0 Å². The zero-order valence-corrected chi connectivity index (χ0v) is 10.2. The van der Waals surface area contributed by atoms with Crippen LogP contribution < -0.4 is 4.74 Å². The first-order valence-corrected chi connectivity index (χ1v) is 5.70. The van der Waals surface area contributed by atoms with E-state index >= 15 is 0 Å². The van der Waals surface area contributed by atoms with Crippen molar-refractivity contribution in [1.29, 1.82) is 0 Å². The predicted molar refractivity (Wildman–Crippen MR) is 68.6 cm³/mol. The monoisotopic (exact) mass is 248 g/mol. The van der Waals surface area contributed by atoms with E-state index in [1.165, 1.54) is 5.56 Å². The second kappa shape index (κ2) is 5.21. The Bertz CT molecular complexity index is 506. The molecule has 2 rings (SSSR count). The van der Waals surface area contributed by atoms with Crippen LogP contribution >= 0.6 is 11.6 Å². The van der Waals surface area contributed by atoms with Gasteiger partial charge >= 0.3 is 0 Å². The number of aliphatic hydroxyl groups excluding tert-OH is 1. The van der Waals surface area contributed by atoms with Gasteiger partial charge < -0.3 is 9.84 Å². The van der Waals surface area contributed by atoms with E-state index in [-0.39, 0.29) is 6.61 Å². The van der Waals surface area contributed by atoms with E-state index in [1.807, 2.05) is 31.2 Å². The van der Waals surface area contributed by atoms with Gasteiger partial charge in [0.1, 0.15) is 11.5 Å². The maximum atomic E-state index is 9.21. The summed E-state index contributed by atoms with van der Waals surface area (Å²) in [5.74, 6) is 1.32. The van der Waals surface area contributed by atoms with Gasteiger partial charge in [0.2, 0.25) is 0 Å². The Labute approximate surface area is 105 Å². The summed E-state index contributed by atoms with van der Waals surface area (Å²) in [7, 11) is 0. The molecule has 0 unspecified atom stereocenters. The van der Waals surface area contributed by atoms with Gasteiger partial charge in [-0.1, -0.05) is 35.4 Å². The highest BCUT2D eigenvalue weighted by Gasteiger charge is 2.05. The molecular formula is C14H13ClO2. The van der Waals surface area contributed by atoms with Gasteiger partial charge in [0, 0.05) is 10.6 Å². The zero-order valence-electron chi connectivity index (χ0n) is 9.48. The first kappa shape index (κ1) is 12.0. The molecule has 1 N–H and O–H groups in total. The summed E-state index contributed by atoms with van der Waals surface area (Å²) in [6, 6.07) is 12.9. The van der Waals surface area contributed by atoms with Crippen molar-refractivity contribution in [3.05, 3.63) is 58.6 Å². The fraction of sp³-hybridized carbons (Fsp3) is 0.143. The summed E-state index contributed by atoms with van der Waals surface area (Å²) in [5, 5.41) is 9.80. The van der Waals surface area contributed by atoms with Crippen molar-refractivity contribution in [2.45, 2.75) is 13.5 Å². The van der Waals surface area contributed by atoms with Crippen LogP contribution in [0.5, 0.6) is 11.5 Å². The molecular weight excluding hydrogens is 236 g/mol. The van der Waals surface area contributed by atoms with Gasteiger partial charge in [-0.2, -0.15) is 0 Å². The Morgan fingerprint density at radius 2 is 1.82 bits per heavy atom. The van der Waals surface area contributed by atoms with Gasteiger partial charge in [0.25, 0.3) is 0 Å². The minimum atomic E-state index is -0.0711. The van der Waals surface area contributed by atoms with Crippen molar-refractivity contribution in [2.75, 3.05) is 0 Å². The number of halogens is 1. The Balaban J connectivity index is 2.28. The Kier molecular flexibility index (Phi) is 3.67. The predicted octanol–water partition coefficient (Wildman–Crippen LogP) is 3.93. The molecule has 0 bridgehead atoms. The molecule has 0 saturated heterocycles. The van der Waals surface area contributed by atoms with E-state index in [0.717, 1.165) is 11.3 Å². The summed E-state index contributed by atoms with van der Waals surface area (Å²) >= 11 is 5.90. The molecule has 0 aliphatic carbocycles. The molecule has 17 heavy (non-hydrogen) atoms. The average molecular weight is 249 g/mol. The normalized spacial score (nSPS) is 10.3. The topological polar surface area (TPSA) is 29.5 Å². The molecule has 0 aliphatic heterocycles. The molecule has 0 radical (unpaired) electrons. The Hall–Kier alpha value is -1.51. The highest BCUT2D eigenvalue weighted by molar-refractivity contribution is 6.30. The summed E-state index contributed by atoms with van der Waals surface area (Å²) in [4.78, 5) is 0. The minimum Gasteiger partial charge on any atom is -0.457 e. The lowest BCUT2D eigenvalue weighted by Gasteiger charge is -2.10. The smallest absolute Gasteiger partial charge is 0.134 e. The molecule has 2 aromatic rings. The second-order valence-electron chi connectivity index (χ2n) is 3.83. The molecule has 0 atom stereocenters. The van der Waals surface area contributed by atoms with E-state index in [2.05, 4.69) is 0 Å². The van der Waals surface area contributed by atoms with Crippen LogP contribution in [-0.2, 0) is 6.61 Å². The summed E-state index contributed by atoms with van der Waals surface area (Å²) in [5.41, 5.74) is 1.89. The number of aryl methyl sites for hydroxylation is 1. The number of hydrogen-bond acceptors (Lipinski definition) is 2. The molecule has 2 aromatic carbocycles. The standard InChI is InChI=1S/C14H13ClO2/c1-10-2-6-13(7-3-10)17-14-8-12(15)5-4-11(14)9-16/h2-8,16H,9H2,1H3. The third-order valence-electron chi connectivity index (χ3n) is 2.45. The summed E-state index contributed by atoms with van der Waals surface area (Å²) in [6.07, 6.45) is 0. The fourth-order valence-corrected chi connectivity index (χ4v) is 1.65. The van der Waals surface area contributed by atoms with Gasteiger partial charge in [-0.15, -0.1) is 0 Å². The SMILES string of the molecule is Cc1ccc(Oc2cc(Cl)ccc2CO)cc1. The Morgan fingerprint density at radius 1 is 1.12 bits per heavy atom. The van der Waals surface area contributed by atoms with E-state index in [1.54, 1.807) is 18.2 Å². The van der Waals surface area contributed by atoms with Crippen molar-refractivity contribution >= 4 is 11.6 Å². The number of benzene rings is 2. The third-order valence-corrected chi connectivity index (χ3v) is 2.68. The Morgan fingerprint density at radius 3 is 2.47 bits per heavy atom. The highest BCUT2D eigenvalue weighted by atomic mass is 35.5. The maximum Gasteiger partial charge on any atom is 0.134 e. The second-order valence-corrected chi connectivity index (χ2v) is 4.26. The summed E-state index contributed by atoms with van der Waals surface area (Å²) in [6.45, 7) is 1.95. The maximum absolute atomic E-state index is 9.21. The number of ether oxygens (including phenoxy) is 1. The largest absolute Gasteiger partial charge is 0.457 e.